The number of carbonyl (C=O) groups is 2. The van der Waals surface area contributed by atoms with Gasteiger partial charge in [-0.05, 0) is 53.9 Å². The fourth-order valence-corrected chi connectivity index (χ4v) is 4.18. The van der Waals surface area contributed by atoms with Crippen LogP contribution in [-0.2, 0) is 4.79 Å². The molecular weight excluding hydrogens is 410 g/mol. The molecule has 0 aromatic heterocycles. The number of hydrogen-bond donors (Lipinski definition) is 3. The summed E-state index contributed by atoms with van der Waals surface area (Å²) in [5, 5.41) is 11.7. The van der Waals surface area contributed by atoms with Crippen molar-refractivity contribution >= 4 is 45.6 Å². The van der Waals surface area contributed by atoms with Crippen molar-refractivity contribution in [2.45, 2.75) is 38.1 Å². The Morgan fingerprint density at radius 2 is 1.61 bits per heavy atom. The normalized spacial score (nSPS) is 14.2. The van der Waals surface area contributed by atoms with Crippen molar-refractivity contribution in [2.75, 3.05) is 17.2 Å². The van der Waals surface area contributed by atoms with Crippen LogP contribution in [0, 0.1) is 0 Å². The average molecular weight is 436 g/mol. The van der Waals surface area contributed by atoms with Crippen molar-refractivity contribution in [1.29, 1.82) is 0 Å². The van der Waals surface area contributed by atoms with Gasteiger partial charge in [0.15, 0.2) is 0 Å². The van der Waals surface area contributed by atoms with Gasteiger partial charge < -0.3 is 16.0 Å². The molecule has 1 aliphatic carbocycles. The maximum absolute atomic E-state index is 12.7. The van der Waals surface area contributed by atoms with Gasteiger partial charge in [0, 0.05) is 17.4 Å². The van der Waals surface area contributed by atoms with Crippen LogP contribution in [-0.4, -0.2) is 24.4 Å². The summed E-state index contributed by atoms with van der Waals surface area (Å²) in [6.45, 7) is 0.0815. The van der Waals surface area contributed by atoms with Gasteiger partial charge in [0.05, 0.1) is 17.1 Å². The monoisotopic (exact) mass is 435 g/mol. The Bertz CT molecular complexity index is 1090. The second-order valence-electron chi connectivity index (χ2n) is 7.97. The van der Waals surface area contributed by atoms with E-state index in [0.29, 0.717) is 16.3 Å². The fourth-order valence-electron chi connectivity index (χ4n) is 3.97. The second kappa shape index (κ2) is 9.84. The zero-order valence-corrected chi connectivity index (χ0v) is 18.0. The first-order valence-electron chi connectivity index (χ1n) is 10.7. The van der Waals surface area contributed by atoms with Gasteiger partial charge in [-0.1, -0.05) is 61.2 Å². The van der Waals surface area contributed by atoms with Gasteiger partial charge in [0.2, 0.25) is 5.91 Å². The second-order valence-corrected chi connectivity index (χ2v) is 8.37. The minimum atomic E-state index is -0.168. The molecule has 0 saturated heterocycles. The molecule has 0 spiro atoms. The first-order chi connectivity index (χ1) is 15.1. The molecule has 31 heavy (non-hydrogen) atoms. The van der Waals surface area contributed by atoms with Gasteiger partial charge in [-0.15, -0.1) is 0 Å². The number of benzene rings is 3. The van der Waals surface area contributed by atoms with E-state index in [1.54, 1.807) is 18.2 Å². The lowest BCUT2D eigenvalue weighted by Crippen LogP contribution is -2.36. The van der Waals surface area contributed by atoms with Crippen LogP contribution in [0.15, 0.2) is 60.7 Å². The molecule has 0 unspecified atom stereocenters. The number of fused-ring (bicyclic) bond motifs is 1. The van der Waals surface area contributed by atoms with Gasteiger partial charge in [-0.3, -0.25) is 9.59 Å². The van der Waals surface area contributed by atoms with Gasteiger partial charge in [0.25, 0.3) is 5.91 Å². The van der Waals surface area contributed by atoms with Gasteiger partial charge in [-0.2, -0.15) is 0 Å². The number of amides is 2. The summed E-state index contributed by atoms with van der Waals surface area (Å²) >= 11 is 6.26. The number of nitrogens with one attached hydrogen (secondary N) is 3. The topological polar surface area (TPSA) is 70.2 Å². The van der Waals surface area contributed by atoms with E-state index < -0.39 is 0 Å². The van der Waals surface area contributed by atoms with Crippen molar-refractivity contribution < 1.29 is 9.59 Å². The van der Waals surface area contributed by atoms with Crippen LogP contribution >= 0.6 is 11.6 Å². The van der Waals surface area contributed by atoms with Crippen molar-refractivity contribution in [3.8, 4) is 0 Å². The van der Waals surface area contributed by atoms with Crippen LogP contribution in [0.2, 0.25) is 5.02 Å². The molecule has 0 atom stereocenters. The van der Waals surface area contributed by atoms with Gasteiger partial charge >= 0.3 is 0 Å². The average Bonchev–Trinajstić information content (AvgIpc) is 2.79. The molecule has 1 saturated carbocycles. The van der Waals surface area contributed by atoms with Crippen LogP contribution in [0.3, 0.4) is 0 Å². The standard InChI is InChI=1S/C25H26ClN3O2/c26-23-13-12-20(15-22(23)25(31)29-19-8-2-1-3-9-19)27-16-24(30)28-21-11-10-17-6-4-5-7-18(17)14-21/h4-7,10-15,19,27H,1-3,8-9,16H2,(H,28,30)(H,29,31). The van der Waals surface area contributed by atoms with Crippen LogP contribution in [0.4, 0.5) is 11.4 Å². The van der Waals surface area contributed by atoms with E-state index in [4.69, 9.17) is 11.6 Å². The lowest BCUT2D eigenvalue weighted by atomic mass is 9.95. The van der Waals surface area contributed by atoms with E-state index >= 15 is 0 Å². The van der Waals surface area contributed by atoms with Crippen molar-refractivity contribution in [2.24, 2.45) is 0 Å². The molecule has 3 N–H and O–H groups in total. The first-order valence-corrected chi connectivity index (χ1v) is 11.1. The van der Waals surface area contributed by atoms with Crippen LogP contribution in [0.5, 0.6) is 0 Å². The summed E-state index contributed by atoms with van der Waals surface area (Å²) in [4.78, 5) is 25.1. The first kappa shape index (κ1) is 21.2. The zero-order chi connectivity index (χ0) is 21.6. The number of carbonyl (C=O) groups excluding carboxylic acids is 2. The molecule has 0 radical (unpaired) electrons. The minimum absolute atomic E-state index is 0.0815. The number of halogens is 1. The largest absolute Gasteiger partial charge is 0.376 e. The predicted molar refractivity (Wildman–Crippen MR) is 127 cm³/mol. The van der Waals surface area contributed by atoms with E-state index in [-0.39, 0.29) is 24.4 Å². The molecule has 0 heterocycles. The van der Waals surface area contributed by atoms with E-state index in [1.165, 1.54) is 6.42 Å². The highest BCUT2D eigenvalue weighted by Crippen LogP contribution is 2.23. The van der Waals surface area contributed by atoms with E-state index in [0.717, 1.165) is 42.1 Å². The molecular formula is C25H26ClN3O2. The van der Waals surface area contributed by atoms with Gasteiger partial charge in [0.1, 0.15) is 0 Å². The van der Waals surface area contributed by atoms with Crippen molar-refractivity contribution in [3.05, 3.63) is 71.2 Å². The number of hydrogen-bond acceptors (Lipinski definition) is 3. The van der Waals surface area contributed by atoms with Crippen LogP contribution in [0.1, 0.15) is 42.5 Å². The van der Waals surface area contributed by atoms with Crippen LogP contribution < -0.4 is 16.0 Å². The van der Waals surface area contributed by atoms with Crippen LogP contribution in [0.25, 0.3) is 10.8 Å². The molecule has 3 aromatic rings. The molecule has 0 aliphatic heterocycles. The third kappa shape index (κ3) is 5.56. The summed E-state index contributed by atoms with van der Waals surface area (Å²) in [6.07, 6.45) is 5.54. The maximum atomic E-state index is 12.7. The van der Waals surface area contributed by atoms with Crippen molar-refractivity contribution in [1.82, 2.24) is 5.32 Å². The fraction of sp³-hybridized carbons (Fsp3) is 0.280. The lowest BCUT2D eigenvalue weighted by molar-refractivity contribution is -0.114. The van der Waals surface area contributed by atoms with E-state index in [2.05, 4.69) is 16.0 Å². The number of anilines is 2. The molecule has 3 aromatic carbocycles. The quantitative estimate of drug-likeness (QED) is 0.471. The predicted octanol–water partition coefficient (Wildman–Crippen LogP) is 5.61. The van der Waals surface area contributed by atoms with Gasteiger partial charge in [-0.25, -0.2) is 0 Å². The van der Waals surface area contributed by atoms with Crippen molar-refractivity contribution in [3.63, 3.8) is 0 Å². The molecule has 160 valence electrons. The summed E-state index contributed by atoms with van der Waals surface area (Å²) in [7, 11) is 0. The molecule has 1 fully saturated rings. The Kier molecular flexibility index (Phi) is 6.73. The molecule has 6 heteroatoms. The zero-order valence-electron chi connectivity index (χ0n) is 17.3. The minimum Gasteiger partial charge on any atom is -0.376 e. The SMILES string of the molecule is O=C(CNc1ccc(Cl)c(C(=O)NC2CCCCC2)c1)Nc1ccc2ccccc2c1. The molecule has 0 bridgehead atoms. The summed E-state index contributed by atoms with van der Waals surface area (Å²) in [5.41, 5.74) is 1.84. The Labute approximate surface area is 187 Å². The highest BCUT2D eigenvalue weighted by molar-refractivity contribution is 6.34. The van der Waals surface area contributed by atoms with E-state index in [9.17, 15) is 9.59 Å². The molecule has 2 amide bonds. The summed E-state index contributed by atoms with van der Waals surface area (Å²) in [6, 6.07) is 19.2. The van der Waals surface area contributed by atoms with E-state index in [1.807, 2.05) is 42.5 Å². The highest BCUT2D eigenvalue weighted by Gasteiger charge is 2.18. The Morgan fingerprint density at radius 1 is 0.871 bits per heavy atom. The molecule has 5 nitrogen and oxygen atoms in total. The molecule has 1 aliphatic rings. The maximum Gasteiger partial charge on any atom is 0.253 e. The number of rotatable bonds is 6. The Balaban J connectivity index is 1.35. The Hall–Kier alpha value is -3.05. The summed E-state index contributed by atoms with van der Waals surface area (Å²) < 4.78 is 0. The lowest BCUT2D eigenvalue weighted by Gasteiger charge is -2.23. The summed E-state index contributed by atoms with van der Waals surface area (Å²) in [5.74, 6) is -0.334. The smallest absolute Gasteiger partial charge is 0.253 e. The third-order valence-electron chi connectivity index (χ3n) is 5.64. The highest BCUT2D eigenvalue weighted by atomic mass is 35.5. The molecule has 4 rings (SSSR count). The third-order valence-corrected chi connectivity index (χ3v) is 5.97. The Morgan fingerprint density at radius 3 is 2.42 bits per heavy atom.